The van der Waals surface area contributed by atoms with Gasteiger partial charge in [-0.1, -0.05) is 19.9 Å². The predicted molar refractivity (Wildman–Crippen MR) is 94.3 cm³/mol. The molecule has 0 aromatic carbocycles. The molecule has 136 valence electrons. The summed E-state index contributed by atoms with van der Waals surface area (Å²) in [4.78, 5) is 25.0. The number of hydrogen-bond acceptors (Lipinski definition) is 4. The molecule has 25 heavy (non-hydrogen) atoms. The van der Waals surface area contributed by atoms with Crippen LogP contribution in [0.4, 0.5) is 0 Å². The van der Waals surface area contributed by atoms with Gasteiger partial charge in [-0.25, -0.2) is 0 Å². The second-order valence-electron chi connectivity index (χ2n) is 8.66. The molecule has 0 aromatic heterocycles. The first-order chi connectivity index (χ1) is 11.9. The number of carbonyl (C=O) groups is 2. The molecule has 2 fully saturated rings. The summed E-state index contributed by atoms with van der Waals surface area (Å²) < 4.78 is 5.06. The third-order valence-electron chi connectivity index (χ3n) is 7.73. The highest BCUT2D eigenvalue weighted by molar-refractivity contribution is 5.95. The Labute approximate surface area is 150 Å². The summed E-state index contributed by atoms with van der Waals surface area (Å²) >= 11 is 0. The van der Waals surface area contributed by atoms with Crippen LogP contribution in [0.1, 0.15) is 58.8 Å². The van der Waals surface area contributed by atoms with Crippen LogP contribution >= 0.6 is 0 Å². The lowest BCUT2D eigenvalue weighted by Crippen LogP contribution is -2.50. The zero-order valence-corrected chi connectivity index (χ0v) is 15.6. The van der Waals surface area contributed by atoms with E-state index in [4.69, 9.17) is 4.74 Å². The van der Waals surface area contributed by atoms with E-state index in [2.05, 4.69) is 19.9 Å². The van der Waals surface area contributed by atoms with E-state index in [0.717, 1.165) is 38.5 Å². The van der Waals surface area contributed by atoms with Crippen molar-refractivity contribution in [3.8, 4) is 6.07 Å². The van der Waals surface area contributed by atoms with Crippen molar-refractivity contribution in [3.05, 3.63) is 12.2 Å². The SMILES string of the molecule is COC(=O)[C@H]1CC[C@H]2C(CC#N)C([C@@]3(C)CCC=CC3=O)CC[C@]12C. The predicted octanol–water partition coefficient (Wildman–Crippen LogP) is 4.06. The van der Waals surface area contributed by atoms with E-state index in [0.29, 0.717) is 12.3 Å². The summed E-state index contributed by atoms with van der Waals surface area (Å²) in [6.45, 7) is 4.31. The van der Waals surface area contributed by atoms with Crippen LogP contribution in [-0.4, -0.2) is 18.9 Å². The standard InChI is InChI=1S/C21H29NO3/c1-20-12-9-16(21(2)11-5-4-6-18(21)23)14(10-13-22)15(20)7-8-17(20)19(24)25-3/h4,6,14-17H,5,7-12H2,1-3H3/t14?,15-,16?,17+,20-,21+/m0/s1. The van der Waals surface area contributed by atoms with Crippen LogP contribution in [0.3, 0.4) is 0 Å². The minimum absolute atomic E-state index is 0.0700. The minimum Gasteiger partial charge on any atom is -0.469 e. The van der Waals surface area contributed by atoms with Crippen molar-refractivity contribution in [1.82, 2.24) is 0 Å². The van der Waals surface area contributed by atoms with Gasteiger partial charge in [0.15, 0.2) is 5.78 Å². The monoisotopic (exact) mass is 343 g/mol. The van der Waals surface area contributed by atoms with E-state index in [1.807, 2.05) is 6.08 Å². The van der Waals surface area contributed by atoms with Crippen LogP contribution in [0.25, 0.3) is 0 Å². The van der Waals surface area contributed by atoms with Gasteiger partial charge in [-0.3, -0.25) is 9.59 Å². The van der Waals surface area contributed by atoms with Gasteiger partial charge < -0.3 is 4.74 Å². The van der Waals surface area contributed by atoms with E-state index in [1.165, 1.54) is 7.11 Å². The average molecular weight is 343 g/mol. The molecule has 3 aliphatic carbocycles. The van der Waals surface area contributed by atoms with Gasteiger partial charge in [0, 0.05) is 11.8 Å². The summed E-state index contributed by atoms with van der Waals surface area (Å²) in [5, 5.41) is 9.47. The molecule has 4 heteroatoms. The van der Waals surface area contributed by atoms with Gasteiger partial charge >= 0.3 is 5.97 Å². The Morgan fingerprint density at radius 2 is 2.04 bits per heavy atom. The van der Waals surface area contributed by atoms with Crippen molar-refractivity contribution in [3.63, 3.8) is 0 Å². The van der Waals surface area contributed by atoms with Crippen molar-refractivity contribution in [1.29, 1.82) is 5.26 Å². The maximum absolute atomic E-state index is 12.7. The van der Waals surface area contributed by atoms with Gasteiger partial charge in [0.25, 0.3) is 0 Å². The Hall–Kier alpha value is -1.63. The van der Waals surface area contributed by atoms with Gasteiger partial charge in [0.1, 0.15) is 0 Å². The molecule has 0 bridgehead atoms. The molecule has 0 radical (unpaired) electrons. The van der Waals surface area contributed by atoms with Gasteiger partial charge in [-0.05, 0) is 67.8 Å². The van der Waals surface area contributed by atoms with Crippen LogP contribution in [0, 0.1) is 45.8 Å². The first-order valence-electron chi connectivity index (χ1n) is 9.54. The number of nitrogens with zero attached hydrogens (tertiary/aromatic N) is 1. The number of methoxy groups -OCH3 is 1. The lowest BCUT2D eigenvalue weighted by atomic mass is 9.51. The number of rotatable bonds is 3. The molecule has 2 unspecified atom stereocenters. The lowest BCUT2D eigenvalue weighted by Gasteiger charge is -2.52. The van der Waals surface area contributed by atoms with Gasteiger partial charge in [0.2, 0.25) is 0 Å². The van der Waals surface area contributed by atoms with E-state index in [1.54, 1.807) is 6.08 Å². The molecule has 0 aliphatic heterocycles. The van der Waals surface area contributed by atoms with Gasteiger partial charge in [-0.2, -0.15) is 5.26 Å². The molecule has 0 N–H and O–H groups in total. The molecule has 0 spiro atoms. The Morgan fingerprint density at radius 1 is 1.28 bits per heavy atom. The van der Waals surface area contributed by atoms with Crippen LogP contribution in [-0.2, 0) is 14.3 Å². The molecule has 4 nitrogen and oxygen atoms in total. The first kappa shape index (κ1) is 18.2. The number of ketones is 1. The number of fused-ring (bicyclic) bond motifs is 1. The fourth-order valence-corrected chi connectivity index (χ4v) is 6.25. The number of ether oxygens (including phenoxy) is 1. The number of nitriles is 1. The van der Waals surface area contributed by atoms with Crippen LogP contribution < -0.4 is 0 Å². The fourth-order valence-electron chi connectivity index (χ4n) is 6.25. The van der Waals surface area contributed by atoms with Gasteiger partial charge in [0.05, 0.1) is 19.1 Å². The zero-order valence-electron chi connectivity index (χ0n) is 15.6. The van der Waals surface area contributed by atoms with Crippen LogP contribution in [0.15, 0.2) is 12.2 Å². The van der Waals surface area contributed by atoms with Crippen LogP contribution in [0.2, 0.25) is 0 Å². The van der Waals surface area contributed by atoms with E-state index in [9.17, 15) is 14.9 Å². The van der Waals surface area contributed by atoms with Crippen LogP contribution in [0.5, 0.6) is 0 Å². The molecular weight excluding hydrogens is 314 g/mol. The first-order valence-corrected chi connectivity index (χ1v) is 9.54. The van der Waals surface area contributed by atoms with Crippen molar-refractivity contribution in [2.24, 2.45) is 34.5 Å². The van der Waals surface area contributed by atoms with E-state index >= 15 is 0 Å². The quantitative estimate of drug-likeness (QED) is 0.725. The largest absolute Gasteiger partial charge is 0.469 e. The molecular formula is C21H29NO3. The van der Waals surface area contributed by atoms with E-state index in [-0.39, 0.29) is 40.3 Å². The highest BCUT2D eigenvalue weighted by atomic mass is 16.5. The number of carbonyl (C=O) groups excluding carboxylic acids is 2. The zero-order chi connectivity index (χ0) is 18.2. The summed E-state index contributed by atoms with van der Waals surface area (Å²) in [6, 6.07) is 2.38. The molecule has 0 heterocycles. The molecule has 6 atom stereocenters. The summed E-state index contributed by atoms with van der Waals surface area (Å²) in [5.74, 6) is 0.794. The maximum Gasteiger partial charge on any atom is 0.309 e. The maximum atomic E-state index is 12.7. The normalized spacial score (nSPS) is 43.4. The lowest BCUT2D eigenvalue weighted by molar-refractivity contribution is -0.153. The highest BCUT2D eigenvalue weighted by Crippen LogP contribution is 2.63. The topological polar surface area (TPSA) is 67.2 Å². The molecule has 3 rings (SSSR count). The third-order valence-corrected chi connectivity index (χ3v) is 7.73. The van der Waals surface area contributed by atoms with Crippen molar-refractivity contribution < 1.29 is 14.3 Å². The molecule has 2 saturated carbocycles. The summed E-state index contributed by atoms with van der Waals surface area (Å²) in [6.07, 6.45) is 9.66. The summed E-state index contributed by atoms with van der Waals surface area (Å²) in [7, 11) is 1.46. The molecule has 0 amide bonds. The molecule has 0 aromatic rings. The fraction of sp³-hybridized carbons (Fsp3) is 0.762. The smallest absolute Gasteiger partial charge is 0.309 e. The van der Waals surface area contributed by atoms with Crippen molar-refractivity contribution in [2.75, 3.05) is 7.11 Å². The third kappa shape index (κ3) is 2.72. The van der Waals surface area contributed by atoms with Gasteiger partial charge in [-0.15, -0.1) is 0 Å². The minimum atomic E-state index is -0.360. The van der Waals surface area contributed by atoms with Crippen molar-refractivity contribution >= 4 is 11.8 Å². The molecule has 3 aliphatic rings. The highest BCUT2D eigenvalue weighted by Gasteiger charge is 2.59. The average Bonchev–Trinajstić information content (AvgIpc) is 2.95. The second-order valence-corrected chi connectivity index (χ2v) is 8.66. The number of allylic oxidation sites excluding steroid dienone is 2. The number of esters is 1. The van der Waals surface area contributed by atoms with Crippen molar-refractivity contribution in [2.45, 2.75) is 58.8 Å². The second kappa shape index (κ2) is 6.59. The Bertz CT molecular complexity index is 634. The molecule has 0 saturated heterocycles. The summed E-state index contributed by atoms with van der Waals surface area (Å²) in [5.41, 5.74) is -0.462. The van der Waals surface area contributed by atoms with E-state index < -0.39 is 0 Å². The Kier molecular flexibility index (Phi) is 4.79. The Balaban J connectivity index is 1.93. The Morgan fingerprint density at radius 3 is 2.68 bits per heavy atom. The number of hydrogen-bond donors (Lipinski definition) is 0.